The summed E-state index contributed by atoms with van der Waals surface area (Å²) in [6.45, 7) is 4.37. The van der Waals surface area contributed by atoms with Gasteiger partial charge in [-0.15, -0.1) is 0 Å². The van der Waals surface area contributed by atoms with Crippen LogP contribution in [0.2, 0.25) is 5.02 Å². The maximum absolute atomic E-state index is 13.7. The van der Waals surface area contributed by atoms with Crippen molar-refractivity contribution in [2.75, 3.05) is 39.3 Å². The van der Waals surface area contributed by atoms with Gasteiger partial charge in [-0.2, -0.15) is 13.2 Å². The van der Waals surface area contributed by atoms with Crippen molar-refractivity contribution in [3.63, 3.8) is 0 Å². The van der Waals surface area contributed by atoms with Crippen LogP contribution in [0.15, 0.2) is 24.3 Å². The van der Waals surface area contributed by atoms with Gasteiger partial charge in [-0.1, -0.05) is 23.7 Å². The van der Waals surface area contributed by atoms with Gasteiger partial charge in [-0.25, -0.2) is 0 Å². The number of aliphatic hydroxyl groups is 1. The molecule has 5 nitrogen and oxygen atoms in total. The minimum Gasteiger partial charge on any atom is -0.368 e. The van der Waals surface area contributed by atoms with E-state index in [0.717, 1.165) is 56.1 Å². The van der Waals surface area contributed by atoms with Crippen molar-refractivity contribution in [3.05, 3.63) is 34.9 Å². The van der Waals surface area contributed by atoms with Crippen molar-refractivity contribution in [2.45, 2.75) is 30.7 Å². The lowest BCUT2D eigenvalue weighted by atomic mass is 9.60. The van der Waals surface area contributed by atoms with E-state index in [1.807, 2.05) is 0 Å². The van der Waals surface area contributed by atoms with Crippen LogP contribution in [0.25, 0.3) is 0 Å². The third-order valence-electron chi connectivity index (χ3n) is 6.31. The Morgan fingerprint density at radius 1 is 1.21 bits per heavy atom. The zero-order valence-corrected chi connectivity index (χ0v) is 16.1. The summed E-state index contributed by atoms with van der Waals surface area (Å²) in [7, 11) is 0. The second-order valence-corrected chi connectivity index (χ2v) is 8.66. The Balaban J connectivity index is 1.44. The summed E-state index contributed by atoms with van der Waals surface area (Å²) in [6.07, 6.45) is -3.36. The van der Waals surface area contributed by atoms with Crippen molar-refractivity contribution in [3.8, 4) is 0 Å². The van der Waals surface area contributed by atoms with Crippen LogP contribution in [-0.2, 0) is 10.4 Å². The van der Waals surface area contributed by atoms with Gasteiger partial charge in [0.05, 0.1) is 0 Å². The quantitative estimate of drug-likeness (QED) is 0.789. The molecule has 9 heteroatoms. The number of hydrogen-bond acceptors (Lipinski definition) is 4. The molecule has 0 bridgehead atoms. The predicted molar refractivity (Wildman–Crippen MR) is 97.9 cm³/mol. The summed E-state index contributed by atoms with van der Waals surface area (Å²) in [4.78, 5) is 16.2. The van der Waals surface area contributed by atoms with Gasteiger partial charge in [0.25, 0.3) is 11.5 Å². The third kappa shape index (κ3) is 3.20. The summed E-state index contributed by atoms with van der Waals surface area (Å²) < 4.78 is 41.2. The molecule has 154 valence electrons. The lowest BCUT2D eigenvalue weighted by Crippen LogP contribution is -2.71. The van der Waals surface area contributed by atoms with E-state index in [1.54, 1.807) is 0 Å². The van der Waals surface area contributed by atoms with E-state index in [1.165, 1.54) is 12.1 Å². The van der Waals surface area contributed by atoms with Crippen molar-refractivity contribution in [2.24, 2.45) is 5.41 Å². The largest absolute Gasteiger partial charge is 0.430 e. The topological polar surface area (TPSA) is 55.8 Å². The van der Waals surface area contributed by atoms with E-state index in [-0.39, 0.29) is 23.5 Å². The molecule has 0 radical (unpaired) electrons. The van der Waals surface area contributed by atoms with Crippen LogP contribution < -0.4 is 5.32 Å². The van der Waals surface area contributed by atoms with E-state index in [0.29, 0.717) is 6.04 Å². The Bertz CT molecular complexity index is 755. The molecule has 2 saturated heterocycles. The van der Waals surface area contributed by atoms with Crippen LogP contribution in [0.3, 0.4) is 0 Å². The molecule has 1 aromatic carbocycles. The number of piperazine rings is 1. The van der Waals surface area contributed by atoms with Gasteiger partial charge in [-0.05, 0) is 25.0 Å². The predicted octanol–water partition coefficient (Wildman–Crippen LogP) is 1.99. The number of halogens is 4. The number of likely N-dealkylation sites (tertiary alicyclic amines) is 1. The number of carbonyl (C=O) groups excluding carboxylic acids is 1. The molecular weight excluding hydrogens is 395 g/mol. The number of amides is 1. The molecule has 3 aliphatic rings. The van der Waals surface area contributed by atoms with Crippen LogP contribution in [0, 0.1) is 5.41 Å². The second-order valence-electron chi connectivity index (χ2n) is 8.23. The highest BCUT2D eigenvalue weighted by molar-refractivity contribution is 6.30. The number of carbonyl (C=O) groups is 1. The van der Waals surface area contributed by atoms with Gasteiger partial charge in [-0.3, -0.25) is 9.69 Å². The molecule has 1 spiro atoms. The monoisotopic (exact) mass is 417 g/mol. The molecule has 1 atom stereocenters. The number of benzene rings is 1. The van der Waals surface area contributed by atoms with E-state index in [4.69, 9.17) is 11.6 Å². The average molecular weight is 418 g/mol. The summed E-state index contributed by atoms with van der Waals surface area (Å²) in [6, 6.07) is 5.20. The van der Waals surface area contributed by atoms with Crippen LogP contribution in [-0.4, -0.2) is 72.3 Å². The van der Waals surface area contributed by atoms with Crippen molar-refractivity contribution >= 4 is 17.5 Å². The average Bonchev–Trinajstić information content (AvgIpc) is 2.58. The van der Waals surface area contributed by atoms with Crippen molar-refractivity contribution < 1.29 is 23.1 Å². The van der Waals surface area contributed by atoms with Crippen LogP contribution in [0.4, 0.5) is 13.2 Å². The first-order chi connectivity index (χ1) is 13.1. The van der Waals surface area contributed by atoms with Gasteiger partial charge in [0.15, 0.2) is 0 Å². The first-order valence-corrected chi connectivity index (χ1v) is 9.82. The highest BCUT2D eigenvalue weighted by Crippen LogP contribution is 2.52. The lowest BCUT2D eigenvalue weighted by molar-refractivity contribution is -0.267. The number of alkyl halides is 3. The second kappa shape index (κ2) is 6.86. The molecule has 2 N–H and O–H groups in total. The van der Waals surface area contributed by atoms with Gasteiger partial charge in [0, 0.05) is 61.3 Å². The minimum atomic E-state index is -5.14. The van der Waals surface area contributed by atoms with E-state index in [2.05, 4.69) is 10.2 Å². The number of hydrogen-bond donors (Lipinski definition) is 2. The third-order valence-corrected chi connectivity index (χ3v) is 6.54. The molecule has 3 fully saturated rings. The van der Waals surface area contributed by atoms with E-state index >= 15 is 0 Å². The van der Waals surface area contributed by atoms with Gasteiger partial charge < -0.3 is 15.3 Å². The fraction of sp³-hybridized carbons (Fsp3) is 0.632. The highest BCUT2D eigenvalue weighted by Gasteiger charge is 2.65. The smallest absolute Gasteiger partial charge is 0.368 e. The molecule has 1 amide bonds. The lowest BCUT2D eigenvalue weighted by Gasteiger charge is -2.62. The Morgan fingerprint density at radius 3 is 2.43 bits per heavy atom. The molecular formula is C19H23ClF3N3O2. The van der Waals surface area contributed by atoms with Crippen molar-refractivity contribution in [1.29, 1.82) is 0 Å². The molecule has 2 heterocycles. The number of nitrogens with zero attached hydrogens (tertiary/aromatic N) is 2. The zero-order chi connectivity index (χ0) is 20.2. The summed E-state index contributed by atoms with van der Waals surface area (Å²) in [5, 5.41) is 13.8. The number of nitrogens with one attached hydrogen (secondary N) is 1. The Morgan fingerprint density at radius 2 is 1.86 bits per heavy atom. The van der Waals surface area contributed by atoms with Gasteiger partial charge >= 0.3 is 6.18 Å². The number of rotatable bonds is 3. The molecule has 1 saturated carbocycles. The maximum Gasteiger partial charge on any atom is 0.430 e. The Hall–Kier alpha value is -1.35. The molecule has 0 aromatic heterocycles. The molecule has 2 aliphatic heterocycles. The molecule has 1 aromatic rings. The molecule has 28 heavy (non-hydrogen) atoms. The fourth-order valence-corrected chi connectivity index (χ4v) is 4.95. The van der Waals surface area contributed by atoms with Crippen molar-refractivity contribution in [1.82, 2.24) is 15.1 Å². The van der Waals surface area contributed by atoms with E-state index in [9.17, 15) is 23.1 Å². The summed E-state index contributed by atoms with van der Waals surface area (Å²) >= 11 is 5.79. The van der Waals surface area contributed by atoms with Crippen LogP contribution in [0.1, 0.15) is 18.4 Å². The molecule has 1 aliphatic carbocycles. The highest BCUT2D eigenvalue weighted by atomic mass is 35.5. The Labute approximate surface area is 166 Å². The summed E-state index contributed by atoms with van der Waals surface area (Å²) in [5.74, 6) is -1.32. The normalized spacial score (nSPS) is 25.1. The standard InChI is InChI=1S/C19H23ClF3N3O2/c20-14-3-1-2-13(8-14)18(28,19(21,22)23)16(27)26-11-17(12-26)9-15(10-17)25-6-4-24-5-7-25/h1-3,8,15,24,28H,4-7,9-12H2. The van der Waals surface area contributed by atoms with Gasteiger partial charge in [0.2, 0.25) is 0 Å². The first kappa shape index (κ1) is 19.9. The molecule has 1 unspecified atom stereocenters. The minimum absolute atomic E-state index is 0.0333. The first-order valence-electron chi connectivity index (χ1n) is 9.44. The van der Waals surface area contributed by atoms with Gasteiger partial charge in [0.1, 0.15) is 0 Å². The SMILES string of the molecule is O=C(N1CC2(CC(N3CCNCC3)C2)C1)C(O)(c1cccc(Cl)c1)C(F)(F)F. The summed E-state index contributed by atoms with van der Waals surface area (Å²) in [5.41, 5.74) is -4.24. The van der Waals surface area contributed by atoms with E-state index < -0.39 is 23.2 Å². The van der Waals surface area contributed by atoms with Crippen LogP contribution >= 0.6 is 11.6 Å². The molecule has 4 rings (SSSR count). The zero-order valence-electron chi connectivity index (χ0n) is 15.3. The van der Waals surface area contributed by atoms with Crippen LogP contribution in [0.5, 0.6) is 0 Å². The Kier molecular flexibility index (Phi) is 4.89. The maximum atomic E-state index is 13.7. The fourth-order valence-electron chi connectivity index (χ4n) is 4.76.